The lowest BCUT2D eigenvalue weighted by Gasteiger charge is -2.06. The summed E-state index contributed by atoms with van der Waals surface area (Å²) >= 11 is 0. The molecule has 0 bridgehead atoms. The Labute approximate surface area is 145 Å². The molecule has 1 aromatic carbocycles. The van der Waals surface area contributed by atoms with Crippen molar-refractivity contribution in [3.63, 3.8) is 0 Å². The highest BCUT2D eigenvalue weighted by Crippen LogP contribution is 2.26. The quantitative estimate of drug-likeness (QED) is 0.726. The van der Waals surface area contributed by atoms with Crippen molar-refractivity contribution >= 4 is 23.2 Å². The van der Waals surface area contributed by atoms with Gasteiger partial charge in [0.1, 0.15) is 0 Å². The van der Waals surface area contributed by atoms with Crippen molar-refractivity contribution in [2.45, 2.75) is 20.3 Å². The van der Waals surface area contributed by atoms with Crippen molar-refractivity contribution in [3.05, 3.63) is 54.2 Å². The van der Waals surface area contributed by atoms with Gasteiger partial charge in [-0.15, -0.1) is 0 Å². The van der Waals surface area contributed by atoms with E-state index < -0.39 is 0 Å². The Kier molecular flexibility index (Phi) is 4.79. The lowest BCUT2D eigenvalue weighted by atomic mass is 10.0. The summed E-state index contributed by atoms with van der Waals surface area (Å²) < 4.78 is 6.70. The molecule has 25 heavy (non-hydrogen) atoms. The molecule has 0 aliphatic rings. The van der Waals surface area contributed by atoms with Crippen LogP contribution in [-0.2, 0) is 20.7 Å². The normalized spacial score (nSPS) is 10.6. The van der Waals surface area contributed by atoms with E-state index in [-0.39, 0.29) is 18.3 Å². The van der Waals surface area contributed by atoms with E-state index in [1.807, 2.05) is 48.7 Å². The van der Waals surface area contributed by atoms with E-state index in [0.29, 0.717) is 12.4 Å². The molecular formula is C19H19N3O3. The van der Waals surface area contributed by atoms with Gasteiger partial charge in [-0.1, -0.05) is 30.3 Å². The lowest BCUT2D eigenvalue weighted by Crippen LogP contribution is -2.07. The number of carbonyl (C=O) groups is 2. The second kappa shape index (κ2) is 7.17. The van der Waals surface area contributed by atoms with Crippen LogP contribution < -0.4 is 5.32 Å². The Morgan fingerprint density at radius 1 is 1.20 bits per heavy atom. The van der Waals surface area contributed by atoms with Crippen LogP contribution in [-0.4, -0.2) is 28.1 Å². The van der Waals surface area contributed by atoms with Gasteiger partial charge >= 0.3 is 5.97 Å². The Bertz CT molecular complexity index is 913. The first-order valence-corrected chi connectivity index (χ1v) is 8.07. The predicted molar refractivity (Wildman–Crippen MR) is 95.3 cm³/mol. The number of benzene rings is 1. The van der Waals surface area contributed by atoms with Crippen LogP contribution in [0.25, 0.3) is 16.6 Å². The number of rotatable bonds is 5. The first-order chi connectivity index (χ1) is 12.1. The molecule has 128 valence electrons. The van der Waals surface area contributed by atoms with Crippen molar-refractivity contribution in [2.24, 2.45) is 0 Å². The second-order valence-electron chi connectivity index (χ2n) is 5.64. The number of esters is 1. The third-order valence-electron chi connectivity index (χ3n) is 3.72. The number of hydrogen-bond donors (Lipinski definition) is 1. The summed E-state index contributed by atoms with van der Waals surface area (Å²) in [4.78, 5) is 22.8. The SMILES string of the molecule is CCOC(=O)Cc1ccc(-c2cccn3nc(NC(C)=O)cc23)cc1. The number of nitrogens with zero attached hydrogens (tertiary/aromatic N) is 2. The number of nitrogens with one attached hydrogen (secondary N) is 1. The van der Waals surface area contributed by atoms with Gasteiger partial charge in [-0.3, -0.25) is 9.59 Å². The largest absolute Gasteiger partial charge is 0.466 e. The van der Waals surface area contributed by atoms with E-state index in [2.05, 4.69) is 10.4 Å². The molecule has 0 unspecified atom stereocenters. The maximum Gasteiger partial charge on any atom is 0.310 e. The van der Waals surface area contributed by atoms with Gasteiger partial charge in [0.05, 0.1) is 18.5 Å². The number of ether oxygens (including phenoxy) is 1. The molecule has 1 N–H and O–H groups in total. The topological polar surface area (TPSA) is 72.7 Å². The van der Waals surface area contributed by atoms with Gasteiger partial charge in [-0.25, -0.2) is 4.52 Å². The average Bonchev–Trinajstić information content (AvgIpc) is 2.97. The highest BCUT2D eigenvalue weighted by molar-refractivity contribution is 5.90. The van der Waals surface area contributed by atoms with Gasteiger partial charge in [-0.05, 0) is 24.1 Å². The highest BCUT2D eigenvalue weighted by Gasteiger charge is 2.10. The summed E-state index contributed by atoms with van der Waals surface area (Å²) in [6, 6.07) is 13.5. The Morgan fingerprint density at radius 3 is 2.64 bits per heavy atom. The molecule has 0 aliphatic carbocycles. The fourth-order valence-electron chi connectivity index (χ4n) is 2.68. The first kappa shape index (κ1) is 16.7. The molecule has 6 nitrogen and oxygen atoms in total. The zero-order chi connectivity index (χ0) is 17.8. The molecule has 2 heterocycles. The zero-order valence-corrected chi connectivity index (χ0v) is 14.2. The summed E-state index contributed by atoms with van der Waals surface area (Å²) in [5, 5.41) is 7.03. The molecule has 0 saturated carbocycles. The predicted octanol–water partition coefficient (Wildman–Crippen LogP) is 3.07. The standard InChI is InChI=1S/C19H19N3O3/c1-3-25-19(24)11-14-6-8-15(9-7-14)16-5-4-10-22-17(16)12-18(21-22)20-13(2)23/h4-10,12H,3,11H2,1-2H3,(H,20,21,23). The molecule has 1 amide bonds. The molecule has 3 aromatic rings. The third-order valence-corrected chi connectivity index (χ3v) is 3.72. The Hall–Kier alpha value is -3.15. The van der Waals surface area contributed by atoms with Gasteiger partial charge in [0.25, 0.3) is 0 Å². The van der Waals surface area contributed by atoms with Gasteiger partial charge in [0.15, 0.2) is 5.82 Å². The highest BCUT2D eigenvalue weighted by atomic mass is 16.5. The van der Waals surface area contributed by atoms with Crippen LogP contribution in [0.1, 0.15) is 19.4 Å². The van der Waals surface area contributed by atoms with E-state index in [4.69, 9.17) is 4.74 Å². The number of hydrogen-bond acceptors (Lipinski definition) is 4. The van der Waals surface area contributed by atoms with E-state index in [1.54, 1.807) is 11.4 Å². The number of pyridine rings is 1. The number of carbonyl (C=O) groups excluding carboxylic acids is 2. The number of anilines is 1. The van der Waals surface area contributed by atoms with Crippen LogP contribution in [0.4, 0.5) is 5.82 Å². The van der Waals surface area contributed by atoms with Crippen molar-refractivity contribution < 1.29 is 14.3 Å². The number of amides is 1. The second-order valence-corrected chi connectivity index (χ2v) is 5.64. The van der Waals surface area contributed by atoms with Crippen molar-refractivity contribution in [1.82, 2.24) is 9.61 Å². The van der Waals surface area contributed by atoms with Gasteiger partial charge < -0.3 is 10.1 Å². The molecule has 0 saturated heterocycles. The number of aromatic nitrogens is 2. The van der Waals surface area contributed by atoms with Crippen LogP contribution in [0, 0.1) is 0 Å². The van der Waals surface area contributed by atoms with Gasteiger partial charge in [-0.2, -0.15) is 5.10 Å². The van der Waals surface area contributed by atoms with Crippen LogP contribution in [0.15, 0.2) is 48.7 Å². The van der Waals surface area contributed by atoms with E-state index in [1.165, 1.54) is 6.92 Å². The first-order valence-electron chi connectivity index (χ1n) is 8.07. The van der Waals surface area contributed by atoms with E-state index >= 15 is 0 Å². The van der Waals surface area contributed by atoms with Crippen LogP contribution >= 0.6 is 0 Å². The molecule has 0 fully saturated rings. The molecule has 0 aliphatic heterocycles. The zero-order valence-electron chi connectivity index (χ0n) is 14.2. The molecule has 6 heteroatoms. The van der Waals surface area contributed by atoms with Crippen LogP contribution in [0.2, 0.25) is 0 Å². The van der Waals surface area contributed by atoms with Crippen molar-refractivity contribution in [1.29, 1.82) is 0 Å². The minimum Gasteiger partial charge on any atom is -0.466 e. The van der Waals surface area contributed by atoms with E-state index in [0.717, 1.165) is 22.2 Å². The summed E-state index contributed by atoms with van der Waals surface area (Å²) in [7, 11) is 0. The summed E-state index contributed by atoms with van der Waals surface area (Å²) in [5.41, 5.74) is 3.80. The van der Waals surface area contributed by atoms with Crippen molar-refractivity contribution in [2.75, 3.05) is 11.9 Å². The maximum atomic E-state index is 11.6. The molecular weight excluding hydrogens is 318 g/mol. The molecule has 0 radical (unpaired) electrons. The lowest BCUT2D eigenvalue weighted by molar-refractivity contribution is -0.142. The maximum absolute atomic E-state index is 11.6. The summed E-state index contributed by atoms with van der Waals surface area (Å²) in [6.45, 7) is 3.63. The Morgan fingerprint density at radius 2 is 1.96 bits per heavy atom. The minimum atomic E-state index is -0.229. The molecule has 0 atom stereocenters. The molecule has 3 rings (SSSR count). The third kappa shape index (κ3) is 3.85. The van der Waals surface area contributed by atoms with Crippen molar-refractivity contribution in [3.8, 4) is 11.1 Å². The van der Waals surface area contributed by atoms with E-state index in [9.17, 15) is 9.59 Å². The fourth-order valence-corrected chi connectivity index (χ4v) is 2.68. The monoisotopic (exact) mass is 337 g/mol. The molecule has 0 spiro atoms. The fraction of sp³-hybridized carbons (Fsp3) is 0.211. The van der Waals surface area contributed by atoms with Crippen LogP contribution in [0.3, 0.4) is 0 Å². The smallest absolute Gasteiger partial charge is 0.310 e. The number of fused-ring (bicyclic) bond motifs is 1. The van der Waals surface area contributed by atoms with Gasteiger partial charge in [0.2, 0.25) is 5.91 Å². The minimum absolute atomic E-state index is 0.159. The summed E-state index contributed by atoms with van der Waals surface area (Å²) in [6.07, 6.45) is 2.09. The van der Waals surface area contributed by atoms with Gasteiger partial charge in [0, 0.05) is 24.8 Å². The molecule has 2 aromatic heterocycles. The Balaban J connectivity index is 1.89. The van der Waals surface area contributed by atoms with Crippen LogP contribution in [0.5, 0.6) is 0 Å². The summed E-state index contributed by atoms with van der Waals surface area (Å²) in [5.74, 6) is 0.125. The average molecular weight is 337 g/mol.